The quantitative estimate of drug-likeness (QED) is 0.697. The van der Waals surface area contributed by atoms with Crippen LogP contribution in [0.4, 0.5) is 0 Å². The standard InChI is InChI=1S/C9H10N2S/c10-7-9(2-1-3-9)6-8-11-4-5-12-8/h4-5H,1-3,6H2. The van der Waals surface area contributed by atoms with Gasteiger partial charge in [-0.1, -0.05) is 6.42 Å². The Morgan fingerprint density at radius 3 is 2.92 bits per heavy atom. The average Bonchev–Trinajstić information content (AvgIpc) is 2.49. The van der Waals surface area contributed by atoms with Gasteiger partial charge in [0.15, 0.2) is 0 Å². The normalized spacial score (nSPS) is 19.6. The Labute approximate surface area is 75.9 Å². The maximum Gasteiger partial charge on any atom is 0.0940 e. The highest BCUT2D eigenvalue weighted by molar-refractivity contribution is 7.09. The van der Waals surface area contributed by atoms with E-state index in [0.717, 1.165) is 24.3 Å². The Morgan fingerprint density at radius 1 is 1.67 bits per heavy atom. The number of rotatable bonds is 2. The van der Waals surface area contributed by atoms with Crippen LogP contribution in [0.15, 0.2) is 11.6 Å². The fourth-order valence-electron chi connectivity index (χ4n) is 1.56. The fourth-order valence-corrected chi connectivity index (χ4v) is 2.32. The van der Waals surface area contributed by atoms with Gasteiger partial charge in [-0.2, -0.15) is 5.26 Å². The number of thiazole rings is 1. The summed E-state index contributed by atoms with van der Waals surface area (Å²) in [5, 5.41) is 12.0. The van der Waals surface area contributed by atoms with Gasteiger partial charge in [0.1, 0.15) is 0 Å². The highest BCUT2D eigenvalue weighted by Crippen LogP contribution is 2.43. The van der Waals surface area contributed by atoms with E-state index >= 15 is 0 Å². The monoisotopic (exact) mass is 178 g/mol. The molecule has 0 atom stereocenters. The lowest BCUT2D eigenvalue weighted by molar-refractivity contribution is 0.214. The maximum absolute atomic E-state index is 8.96. The minimum Gasteiger partial charge on any atom is -0.250 e. The van der Waals surface area contributed by atoms with Crippen LogP contribution < -0.4 is 0 Å². The SMILES string of the molecule is N#CC1(Cc2nccs2)CCC1. The van der Waals surface area contributed by atoms with E-state index in [4.69, 9.17) is 5.26 Å². The van der Waals surface area contributed by atoms with E-state index in [1.807, 2.05) is 11.6 Å². The van der Waals surface area contributed by atoms with Gasteiger partial charge in [0, 0.05) is 18.0 Å². The van der Waals surface area contributed by atoms with Gasteiger partial charge in [-0.3, -0.25) is 0 Å². The second-order valence-corrected chi connectivity index (χ2v) is 4.33. The Kier molecular flexibility index (Phi) is 1.86. The second-order valence-electron chi connectivity index (χ2n) is 3.35. The van der Waals surface area contributed by atoms with E-state index in [1.165, 1.54) is 6.42 Å². The summed E-state index contributed by atoms with van der Waals surface area (Å²) in [6.45, 7) is 0. The van der Waals surface area contributed by atoms with Crippen molar-refractivity contribution in [2.75, 3.05) is 0 Å². The summed E-state index contributed by atoms with van der Waals surface area (Å²) in [4.78, 5) is 4.20. The number of hydrogen-bond acceptors (Lipinski definition) is 3. The molecule has 0 bridgehead atoms. The van der Waals surface area contributed by atoms with Gasteiger partial charge in [-0.25, -0.2) is 4.98 Å². The van der Waals surface area contributed by atoms with Crippen molar-refractivity contribution in [1.82, 2.24) is 4.98 Å². The van der Waals surface area contributed by atoms with Crippen LogP contribution in [0.1, 0.15) is 24.3 Å². The highest BCUT2D eigenvalue weighted by atomic mass is 32.1. The van der Waals surface area contributed by atoms with Crippen LogP contribution >= 0.6 is 11.3 Å². The minimum absolute atomic E-state index is 0.0577. The van der Waals surface area contributed by atoms with Crippen molar-refractivity contribution in [2.24, 2.45) is 5.41 Å². The number of hydrogen-bond donors (Lipinski definition) is 0. The summed E-state index contributed by atoms with van der Waals surface area (Å²) >= 11 is 1.65. The first-order valence-corrected chi connectivity index (χ1v) is 5.02. The van der Waals surface area contributed by atoms with Gasteiger partial charge in [-0.15, -0.1) is 11.3 Å². The molecule has 0 unspecified atom stereocenters. The summed E-state index contributed by atoms with van der Waals surface area (Å²) in [6.07, 6.45) is 6.00. The third-order valence-corrected chi connectivity index (χ3v) is 3.30. The summed E-state index contributed by atoms with van der Waals surface area (Å²) < 4.78 is 0. The van der Waals surface area contributed by atoms with Gasteiger partial charge < -0.3 is 0 Å². The zero-order valence-corrected chi connectivity index (χ0v) is 7.60. The van der Waals surface area contributed by atoms with E-state index in [-0.39, 0.29) is 5.41 Å². The minimum atomic E-state index is -0.0577. The molecular formula is C9H10N2S. The van der Waals surface area contributed by atoms with Crippen molar-refractivity contribution in [3.63, 3.8) is 0 Å². The van der Waals surface area contributed by atoms with Crippen molar-refractivity contribution < 1.29 is 0 Å². The lowest BCUT2D eigenvalue weighted by Crippen LogP contribution is -2.29. The number of aromatic nitrogens is 1. The first kappa shape index (κ1) is 7.75. The predicted molar refractivity (Wildman–Crippen MR) is 47.7 cm³/mol. The average molecular weight is 178 g/mol. The molecule has 0 amide bonds. The van der Waals surface area contributed by atoms with E-state index in [9.17, 15) is 0 Å². The molecule has 0 spiro atoms. The summed E-state index contributed by atoms with van der Waals surface area (Å²) in [5.41, 5.74) is -0.0577. The molecule has 0 radical (unpaired) electrons. The molecule has 0 aromatic carbocycles. The molecule has 0 N–H and O–H groups in total. The second kappa shape index (κ2) is 2.87. The van der Waals surface area contributed by atoms with Crippen molar-refractivity contribution >= 4 is 11.3 Å². The molecule has 2 nitrogen and oxygen atoms in total. The van der Waals surface area contributed by atoms with E-state index in [0.29, 0.717) is 0 Å². The smallest absolute Gasteiger partial charge is 0.0940 e. The van der Waals surface area contributed by atoms with Gasteiger partial charge in [0.25, 0.3) is 0 Å². The van der Waals surface area contributed by atoms with E-state index < -0.39 is 0 Å². The molecule has 1 aromatic rings. The van der Waals surface area contributed by atoms with E-state index in [2.05, 4.69) is 11.1 Å². The molecule has 1 aromatic heterocycles. The summed E-state index contributed by atoms with van der Waals surface area (Å²) in [5.74, 6) is 0. The topological polar surface area (TPSA) is 36.7 Å². The molecule has 12 heavy (non-hydrogen) atoms. The molecule has 1 saturated carbocycles. The molecule has 1 fully saturated rings. The third-order valence-electron chi connectivity index (χ3n) is 2.52. The van der Waals surface area contributed by atoms with Crippen molar-refractivity contribution in [3.05, 3.63) is 16.6 Å². The lowest BCUT2D eigenvalue weighted by Gasteiger charge is -2.34. The van der Waals surface area contributed by atoms with Gasteiger partial charge in [0.2, 0.25) is 0 Å². The molecular weight excluding hydrogens is 168 g/mol. The maximum atomic E-state index is 8.96. The first-order valence-electron chi connectivity index (χ1n) is 4.14. The van der Waals surface area contributed by atoms with Crippen LogP contribution in [0, 0.1) is 16.7 Å². The van der Waals surface area contributed by atoms with Crippen LogP contribution in [0.3, 0.4) is 0 Å². The molecule has 0 saturated heterocycles. The molecule has 2 rings (SSSR count). The molecule has 1 aliphatic rings. The van der Waals surface area contributed by atoms with Crippen LogP contribution in [0.5, 0.6) is 0 Å². The van der Waals surface area contributed by atoms with Crippen LogP contribution in [-0.4, -0.2) is 4.98 Å². The molecule has 1 heterocycles. The zero-order chi connectivity index (χ0) is 8.44. The molecule has 0 aliphatic heterocycles. The van der Waals surface area contributed by atoms with Crippen molar-refractivity contribution in [2.45, 2.75) is 25.7 Å². The first-order chi connectivity index (χ1) is 5.85. The predicted octanol–water partition coefficient (Wildman–Crippen LogP) is 2.38. The molecule has 1 aliphatic carbocycles. The lowest BCUT2D eigenvalue weighted by atomic mass is 9.68. The Balaban J connectivity index is 2.08. The summed E-state index contributed by atoms with van der Waals surface area (Å²) in [6, 6.07) is 2.42. The molecule has 3 heteroatoms. The fraction of sp³-hybridized carbons (Fsp3) is 0.556. The molecule has 62 valence electrons. The Hall–Kier alpha value is -0.880. The Morgan fingerprint density at radius 2 is 2.50 bits per heavy atom. The highest BCUT2D eigenvalue weighted by Gasteiger charge is 2.37. The number of nitriles is 1. The Bertz CT molecular complexity index is 293. The van der Waals surface area contributed by atoms with Gasteiger partial charge in [-0.05, 0) is 12.8 Å². The summed E-state index contributed by atoms with van der Waals surface area (Å²) in [7, 11) is 0. The third kappa shape index (κ3) is 1.23. The van der Waals surface area contributed by atoms with Crippen molar-refractivity contribution in [3.8, 4) is 6.07 Å². The van der Waals surface area contributed by atoms with Crippen LogP contribution in [0.25, 0.3) is 0 Å². The van der Waals surface area contributed by atoms with E-state index in [1.54, 1.807) is 11.3 Å². The van der Waals surface area contributed by atoms with Crippen molar-refractivity contribution in [1.29, 1.82) is 5.26 Å². The largest absolute Gasteiger partial charge is 0.250 e. The van der Waals surface area contributed by atoms with Gasteiger partial charge >= 0.3 is 0 Å². The van der Waals surface area contributed by atoms with Crippen LogP contribution in [0.2, 0.25) is 0 Å². The van der Waals surface area contributed by atoms with Gasteiger partial charge in [0.05, 0.1) is 16.5 Å². The zero-order valence-electron chi connectivity index (χ0n) is 6.79. The van der Waals surface area contributed by atoms with Crippen LogP contribution in [-0.2, 0) is 6.42 Å². The number of nitrogens with zero attached hydrogens (tertiary/aromatic N) is 2.